The highest BCUT2D eigenvalue weighted by Crippen LogP contribution is 2.44. The minimum atomic E-state index is -0.981. The monoisotopic (exact) mass is 196 g/mol. The first-order valence-corrected chi connectivity index (χ1v) is 4.76. The lowest BCUT2D eigenvalue weighted by Gasteiger charge is -2.18. The summed E-state index contributed by atoms with van der Waals surface area (Å²) in [6.07, 6.45) is 1.91. The molecule has 0 heterocycles. The smallest absolute Gasteiger partial charge is 0.239 e. The molecule has 0 aromatic heterocycles. The van der Waals surface area contributed by atoms with Crippen molar-refractivity contribution in [1.82, 2.24) is 5.32 Å². The number of nitrogens with one attached hydrogen (secondary N) is 1. The minimum Gasteiger partial charge on any atom is -0.396 e. The van der Waals surface area contributed by atoms with Crippen LogP contribution in [0.1, 0.15) is 26.7 Å². The number of nitrogens with zero attached hydrogens (tertiary/aromatic N) is 1. The van der Waals surface area contributed by atoms with Crippen LogP contribution in [0.5, 0.6) is 0 Å². The van der Waals surface area contributed by atoms with Gasteiger partial charge in [-0.05, 0) is 26.7 Å². The van der Waals surface area contributed by atoms with E-state index >= 15 is 0 Å². The van der Waals surface area contributed by atoms with Crippen molar-refractivity contribution < 1.29 is 9.90 Å². The molecule has 0 radical (unpaired) electrons. The molecule has 0 aromatic rings. The second-order valence-corrected chi connectivity index (χ2v) is 4.58. The van der Waals surface area contributed by atoms with Crippen LogP contribution in [-0.2, 0) is 4.79 Å². The van der Waals surface area contributed by atoms with Crippen LogP contribution in [0.2, 0.25) is 0 Å². The lowest BCUT2D eigenvalue weighted by molar-refractivity contribution is -0.127. The number of nitriles is 1. The van der Waals surface area contributed by atoms with Crippen LogP contribution in [0, 0.1) is 22.2 Å². The molecule has 1 fully saturated rings. The van der Waals surface area contributed by atoms with Gasteiger partial charge in [0.15, 0.2) is 0 Å². The second-order valence-electron chi connectivity index (χ2n) is 4.58. The first-order valence-electron chi connectivity index (χ1n) is 4.76. The summed E-state index contributed by atoms with van der Waals surface area (Å²) in [6, 6.07) is 1.94. The minimum absolute atomic E-state index is 0.0960. The molecule has 1 aliphatic rings. The molecule has 2 N–H and O–H groups in total. The highest BCUT2D eigenvalue weighted by Gasteiger charge is 2.42. The summed E-state index contributed by atoms with van der Waals surface area (Å²) in [5, 5.41) is 20.4. The average Bonchev–Trinajstić information content (AvgIpc) is 2.95. The number of hydrogen-bond donors (Lipinski definition) is 2. The van der Waals surface area contributed by atoms with Gasteiger partial charge in [0.25, 0.3) is 0 Å². The zero-order valence-electron chi connectivity index (χ0n) is 8.63. The van der Waals surface area contributed by atoms with E-state index in [1.807, 2.05) is 6.07 Å². The Kier molecular flexibility index (Phi) is 2.81. The Morgan fingerprint density at radius 2 is 2.21 bits per heavy atom. The molecular formula is C10H16N2O2. The molecule has 0 saturated heterocycles. The third-order valence-electron chi connectivity index (χ3n) is 2.76. The predicted octanol–water partition coefficient (Wildman–Crippen LogP) is 0.425. The number of rotatable bonds is 4. The fourth-order valence-corrected chi connectivity index (χ4v) is 1.11. The van der Waals surface area contributed by atoms with Crippen LogP contribution >= 0.6 is 0 Å². The van der Waals surface area contributed by atoms with Crippen molar-refractivity contribution >= 4 is 5.91 Å². The second kappa shape index (κ2) is 3.58. The summed E-state index contributed by atoms with van der Waals surface area (Å²) in [5.41, 5.74) is -1.08. The normalized spacial score (nSPS) is 18.4. The van der Waals surface area contributed by atoms with Gasteiger partial charge in [-0.25, -0.2) is 0 Å². The van der Waals surface area contributed by atoms with Crippen molar-refractivity contribution in [2.24, 2.45) is 10.8 Å². The molecule has 14 heavy (non-hydrogen) atoms. The van der Waals surface area contributed by atoms with E-state index in [-0.39, 0.29) is 17.9 Å². The molecule has 78 valence electrons. The van der Waals surface area contributed by atoms with Crippen LogP contribution in [0.4, 0.5) is 0 Å². The molecule has 0 spiro atoms. The third-order valence-corrected chi connectivity index (χ3v) is 2.76. The zero-order valence-corrected chi connectivity index (χ0v) is 8.63. The van der Waals surface area contributed by atoms with Crippen molar-refractivity contribution in [2.75, 3.05) is 13.2 Å². The summed E-state index contributed by atoms with van der Waals surface area (Å²) in [6.45, 7) is 3.76. The molecule has 1 aliphatic carbocycles. The molecular weight excluding hydrogens is 180 g/mol. The molecule has 0 atom stereocenters. The number of carbonyl (C=O) groups is 1. The van der Waals surface area contributed by atoms with E-state index in [1.54, 1.807) is 13.8 Å². The summed E-state index contributed by atoms with van der Waals surface area (Å²) in [5.74, 6) is -0.264. The van der Waals surface area contributed by atoms with Crippen molar-refractivity contribution in [2.45, 2.75) is 26.7 Å². The molecule has 0 unspecified atom stereocenters. The molecule has 4 heteroatoms. The SMILES string of the molecule is CC(C)(C#N)C(=O)NCC1(CO)CC1. The Morgan fingerprint density at radius 1 is 1.64 bits per heavy atom. The van der Waals surface area contributed by atoms with Gasteiger partial charge < -0.3 is 10.4 Å². The van der Waals surface area contributed by atoms with Crippen molar-refractivity contribution in [3.63, 3.8) is 0 Å². The zero-order chi connectivity index (χ0) is 10.8. The Balaban J connectivity index is 2.40. The summed E-state index contributed by atoms with van der Waals surface area (Å²) < 4.78 is 0. The Hall–Kier alpha value is -1.08. The van der Waals surface area contributed by atoms with Gasteiger partial charge in [0.1, 0.15) is 5.41 Å². The fourth-order valence-electron chi connectivity index (χ4n) is 1.11. The van der Waals surface area contributed by atoms with E-state index in [1.165, 1.54) is 0 Å². The molecule has 1 rings (SSSR count). The topological polar surface area (TPSA) is 73.1 Å². The van der Waals surface area contributed by atoms with E-state index in [4.69, 9.17) is 10.4 Å². The van der Waals surface area contributed by atoms with Crippen molar-refractivity contribution in [3.05, 3.63) is 0 Å². The molecule has 1 saturated carbocycles. The maximum Gasteiger partial charge on any atom is 0.239 e. The van der Waals surface area contributed by atoms with Gasteiger partial charge in [-0.2, -0.15) is 5.26 Å². The largest absolute Gasteiger partial charge is 0.396 e. The lowest BCUT2D eigenvalue weighted by atomic mass is 9.94. The highest BCUT2D eigenvalue weighted by atomic mass is 16.3. The van der Waals surface area contributed by atoms with Gasteiger partial charge in [0.05, 0.1) is 12.7 Å². The fraction of sp³-hybridized carbons (Fsp3) is 0.800. The standard InChI is InChI=1S/C10H16N2O2/c1-9(2,5-11)8(14)12-6-10(7-13)3-4-10/h13H,3-4,6-7H2,1-2H3,(H,12,14). The van der Waals surface area contributed by atoms with Gasteiger partial charge in [0.2, 0.25) is 5.91 Å². The van der Waals surface area contributed by atoms with Crippen molar-refractivity contribution in [1.29, 1.82) is 5.26 Å². The molecule has 0 aromatic carbocycles. The van der Waals surface area contributed by atoms with Crippen LogP contribution in [0.3, 0.4) is 0 Å². The Bertz CT molecular complexity index is 274. The van der Waals surface area contributed by atoms with Crippen LogP contribution in [0.15, 0.2) is 0 Å². The van der Waals surface area contributed by atoms with E-state index in [0.717, 1.165) is 12.8 Å². The van der Waals surface area contributed by atoms with E-state index in [0.29, 0.717) is 6.54 Å². The predicted molar refractivity (Wildman–Crippen MR) is 51.2 cm³/mol. The van der Waals surface area contributed by atoms with Gasteiger partial charge >= 0.3 is 0 Å². The molecule has 4 nitrogen and oxygen atoms in total. The molecule has 1 amide bonds. The summed E-state index contributed by atoms with van der Waals surface area (Å²) >= 11 is 0. The lowest BCUT2D eigenvalue weighted by Crippen LogP contribution is -2.39. The van der Waals surface area contributed by atoms with Gasteiger partial charge in [0, 0.05) is 12.0 Å². The van der Waals surface area contributed by atoms with Gasteiger partial charge in [-0.15, -0.1) is 0 Å². The van der Waals surface area contributed by atoms with Crippen LogP contribution < -0.4 is 5.32 Å². The van der Waals surface area contributed by atoms with Gasteiger partial charge in [-0.3, -0.25) is 4.79 Å². The number of carbonyl (C=O) groups excluding carboxylic acids is 1. The van der Waals surface area contributed by atoms with E-state index in [2.05, 4.69) is 5.32 Å². The van der Waals surface area contributed by atoms with Crippen LogP contribution in [-0.4, -0.2) is 24.2 Å². The van der Waals surface area contributed by atoms with E-state index in [9.17, 15) is 4.79 Å². The highest BCUT2D eigenvalue weighted by molar-refractivity contribution is 5.84. The maximum absolute atomic E-state index is 11.5. The average molecular weight is 196 g/mol. The van der Waals surface area contributed by atoms with E-state index < -0.39 is 5.41 Å². The molecule has 0 aliphatic heterocycles. The number of aliphatic hydroxyl groups excluding tert-OH is 1. The van der Waals surface area contributed by atoms with Crippen molar-refractivity contribution in [3.8, 4) is 6.07 Å². The Labute approximate surface area is 83.9 Å². The number of amides is 1. The first kappa shape index (κ1) is 11.0. The quantitative estimate of drug-likeness (QED) is 0.684. The number of aliphatic hydroxyl groups is 1. The molecule has 0 bridgehead atoms. The maximum atomic E-state index is 11.5. The first-order chi connectivity index (χ1) is 6.46. The van der Waals surface area contributed by atoms with Crippen LogP contribution in [0.25, 0.3) is 0 Å². The third kappa shape index (κ3) is 2.24. The summed E-state index contributed by atoms with van der Waals surface area (Å²) in [4.78, 5) is 11.5. The number of hydrogen-bond acceptors (Lipinski definition) is 3. The Morgan fingerprint density at radius 3 is 2.57 bits per heavy atom. The van der Waals surface area contributed by atoms with Gasteiger partial charge in [-0.1, -0.05) is 0 Å². The summed E-state index contributed by atoms with van der Waals surface area (Å²) in [7, 11) is 0.